The molecule has 1 atom stereocenters. The summed E-state index contributed by atoms with van der Waals surface area (Å²) < 4.78 is 10.7. The molecule has 1 unspecified atom stereocenters. The van der Waals surface area contributed by atoms with Crippen molar-refractivity contribution in [3.05, 3.63) is 149 Å². The Morgan fingerprint density at radius 2 is 1.68 bits per heavy atom. The monoisotopic (exact) mass is 539 g/mol. The summed E-state index contributed by atoms with van der Waals surface area (Å²) in [6.45, 7) is 8.92. The predicted octanol–water partition coefficient (Wildman–Crippen LogP) is 7.96. The van der Waals surface area contributed by atoms with E-state index in [1.54, 1.807) is 19.1 Å². The van der Waals surface area contributed by atoms with Crippen LogP contribution in [0.15, 0.2) is 127 Å². The molecule has 0 radical (unpaired) electrons. The van der Waals surface area contributed by atoms with Crippen molar-refractivity contribution in [2.24, 2.45) is 0 Å². The SMILES string of the molecule is C=CC(=O)Oc1ccc(N(c2ccc(COC(=O)C(=C)C)cc2)c2ccc3c4c2CC=C2C=CC=C(C=C3)C24)cc1. The highest BCUT2D eigenvalue weighted by molar-refractivity contribution is 5.87. The number of allylic oxidation sites excluding steroid dienone is 7. The topological polar surface area (TPSA) is 55.8 Å². The van der Waals surface area contributed by atoms with Crippen molar-refractivity contribution in [3.63, 3.8) is 0 Å². The molecule has 3 aromatic rings. The summed E-state index contributed by atoms with van der Waals surface area (Å²) in [7, 11) is 0. The second-order valence-electron chi connectivity index (χ2n) is 10.2. The molecule has 0 spiro atoms. The Labute approximate surface area is 239 Å². The first kappa shape index (κ1) is 26.1. The smallest absolute Gasteiger partial charge is 0.335 e. The fraction of sp³-hybridized carbons (Fsp3) is 0.111. The lowest BCUT2D eigenvalue weighted by molar-refractivity contribution is -0.140. The number of carbonyl (C=O) groups excluding carboxylic acids is 2. The molecule has 6 rings (SSSR count). The third-order valence-electron chi connectivity index (χ3n) is 7.53. The van der Waals surface area contributed by atoms with Gasteiger partial charge in [0, 0.05) is 34.6 Å². The molecular formula is C36H29NO4. The van der Waals surface area contributed by atoms with Crippen molar-refractivity contribution >= 4 is 35.1 Å². The molecule has 0 heterocycles. The highest BCUT2D eigenvalue weighted by Crippen LogP contribution is 2.50. The molecule has 0 saturated carbocycles. The summed E-state index contributed by atoms with van der Waals surface area (Å²) in [5.41, 5.74) is 10.7. The van der Waals surface area contributed by atoms with Gasteiger partial charge in [-0.2, -0.15) is 0 Å². The Kier molecular flexibility index (Phi) is 6.86. The van der Waals surface area contributed by atoms with Crippen LogP contribution in [0.25, 0.3) is 6.08 Å². The molecule has 0 amide bonds. The van der Waals surface area contributed by atoms with Crippen LogP contribution in [-0.4, -0.2) is 11.9 Å². The van der Waals surface area contributed by atoms with E-state index in [0.717, 1.165) is 35.1 Å². The van der Waals surface area contributed by atoms with Crippen molar-refractivity contribution in [3.8, 4) is 5.75 Å². The van der Waals surface area contributed by atoms with E-state index in [0.29, 0.717) is 11.3 Å². The van der Waals surface area contributed by atoms with Crippen LogP contribution in [0.1, 0.15) is 35.1 Å². The molecule has 5 heteroatoms. The van der Waals surface area contributed by atoms with E-state index < -0.39 is 11.9 Å². The van der Waals surface area contributed by atoms with Gasteiger partial charge in [0.2, 0.25) is 0 Å². The van der Waals surface area contributed by atoms with E-state index in [1.807, 2.05) is 36.4 Å². The molecule has 0 aromatic heterocycles. The number of ether oxygens (including phenoxy) is 2. The van der Waals surface area contributed by atoms with Crippen LogP contribution in [0.4, 0.5) is 17.1 Å². The number of benzene rings is 3. The number of rotatable bonds is 8. The Hall–Kier alpha value is -5.16. The number of nitrogens with zero attached hydrogens (tertiary/aromatic N) is 1. The van der Waals surface area contributed by atoms with Gasteiger partial charge in [-0.15, -0.1) is 0 Å². The minimum absolute atomic E-state index is 0.170. The molecule has 0 bridgehead atoms. The Balaban J connectivity index is 1.42. The molecule has 3 aromatic carbocycles. The number of esters is 2. The van der Waals surface area contributed by atoms with E-state index in [9.17, 15) is 9.59 Å². The minimum Gasteiger partial charge on any atom is -0.457 e. The van der Waals surface area contributed by atoms with Crippen LogP contribution in [0.2, 0.25) is 0 Å². The molecule has 0 saturated heterocycles. The lowest BCUT2D eigenvalue weighted by Crippen LogP contribution is -2.21. The lowest BCUT2D eigenvalue weighted by atomic mass is 9.70. The molecule has 5 nitrogen and oxygen atoms in total. The molecule has 41 heavy (non-hydrogen) atoms. The maximum absolute atomic E-state index is 11.9. The number of hydrogen-bond donors (Lipinski definition) is 0. The van der Waals surface area contributed by atoms with E-state index >= 15 is 0 Å². The van der Waals surface area contributed by atoms with Crippen molar-refractivity contribution in [1.82, 2.24) is 0 Å². The van der Waals surface area contributed by atoms with Crippen molar-refractivity contribution in [2.75, 3.05) is 4.90 Å². The summed E-state index contributed by atoms with van der Waals surface area (Å²) in [4.78, 5) is 25.8. The van der Waals surface area contributed by atoms with Crippen LogP contribution in [0.5, 0.6) is 5.75 Å². The van der Waals surface area contributed by atoms with Crippen molar-refractivity contribution in [1.29, 1.82) is 0 Å². The Bertz CT molecular complexity index is 1700. The Morgan fingerprint density at radius 1 is 0.951 bits per heavy atom. The highest BCUT2D eigenvalue weighted by Gasteiger charge is 2.32. The van der Waals surface area contributed by atoms with Gasteiger partial charge in [0.05, 0.1) is 0 Å². The molecule has 0 N–H and O–H groups in total. The van der Waals surface area contributed by atoms with Crippen molar-refractivity contribution in [2.45, 2.75) is 25.9 Å². The first-order valence-electron chi connectivity index (χ1n) is 13.5. The third kappa shape index (κ3) is 4.98. The van der Waals surface area contributed by atoms with Crippen LogP contribution < -0.4 is 9.64 Å². The number of anilines is 3. The van der Waals surface area contributed by atoms with Crippen LogP contribution in [-0.2, 0) is 27.4 Å². The zero-order valence-electron chi connectivity index (χ0n) is 22.8. The Morgan fingerprint density at radius 3 is 2.39 bits per heavy atom. The summed E-state index contributed by atoms with van der Waals surface area (Å²) in [6, 6.07) is 19.8. The molecular weight excluding hydrogens is 510 g/mol. The van der Waals surface area contributed by atoms with Gasteiger partial charge in [0.15, 0.2) is 0 Å². The number of carbonyl (C=O) groups is 2. The molecule has 202 valence electrons. The lowest BCUT2D eigenvalue weighted by Gasteiger charge is -2.36. The van der Waals surface area contributed by atoms with Crippen LogP contribution in [0.3, 0.4) is 0 Å². The highest BCUT2D eigenvalue weighted by atomic mass is 16.5. The van der Waals surface area contributed by atoms with Gasteiger partial charge in [-0.05, 0) is 89.2 Å². The average molecular weight is 540 g/mol. The number of hydrogen-bond acceptors (Lipinski definition) is 5. The standard InChI is InChI=1S/C36H29NO4/c1-4-33(38)41-30-18-16-29(17-19-30)37(28-14-8-24(9-15-28)22-40-36(39)23(2)3)32-21-13-27-11-10-25-6-5-7-26-12-20-31(32)35(27)34(25)26/h4-19,21,34H,1-2,20,22H2,3H3. The van der Waals surface area contributed by atoms with Gasteiger partial charge in [-0.1, -0.05) is 67.8 Å². The quantitative estimate of drug-likeness (QED) is 0.165. The fourth-order valence-corrected chi connectivity index (χ4v) is 5.58. The summed E-state index contributed by atoms with van der Waals surface area (Å²) in [6.07, 6.45) is 15.3. The first-order chi connectivity index (χ1) is 19.9. The maximum atomic E-state index is 11.9. The average Bonchev–Trinajstić information content (AvgIpc) is 3.00. The minimum atomic E-state index is -0.502. The van der Waals surface area contributed by atoms with E-state index in [-0.39, 0.29) is 12.5 Å². The molecule has 0 aliphatic heterocycles. The molecule has 0 fully saturated rings. The first-order valence-corrected chi connectivity index (χ1v) is 13.5. The third-order valence-corrected chi connectivity index (χ3v) is 7.53. The molecule has 3 aliphatic rings. The van der Waals surface area contributed by atoms with E-state index in [2.05, 4.69) is 66.6 Å². The van der Waals surface area contributed by atoms with Crippen LogP contribution in [0, 0.1) is 0 Å². The maximum Gasteiger partial charge on any atom is 0.335 e. The second-order valence-corrected chi connectivity index (χ2v) is 10.2. The van der Waals surface area contributed by atoms with Gasteiger partial charge in [0.25, 0.3) is 0 Å². The van der Waals surface area contributed by atoms with E-state index in [1.165, 1.54) is 27.8 Å². The van der Waals surface area contributed by atoms with Gasteiger partial charge < -0.3 is 14.4 Å². The largest absolute Gasteiger partial charge is 0.457 e. The summed E-state index contributed by atoms with van der Waals surface area (Å²) >= 11 is 0. The molecule has 3 aliphatic carbocycles. The van der Waals surface area contributed by atoms with Gasteiger partial charge in [0.1, 0.15) is 12.4 Å². The van der Waals surface area contributed by atoms with Gasteiger partial charge in [-0.25, -0.2) is 9.59 Å². The second kappa shape index (κ2) is 10.8. The predicted molar refractivity (Wildman–Crippen MR) is 162 cm³/mol. The van der Waals surface area contributed by atoms with Gasteiger partial charge in [-0.3, -0.25) is 0 Å². The van der Waals surface area contributed by atoms with E-state index in [4.69, 9.17) is 9.47 Å². The summed E-state index contributed by atoms with van der Waals surface area (Å²) in [5, 5.41) is 0. The zero-order chi connectivity index (χ0) is 28.5. The fourth-order valence-electron chi connectivity index (χ4n) is 5.58. The normalized spacial score (nSPS) is 15.7. The van der Waals surface area contributed by atoms with Crippen LogP contribution >= 0.6 is 0 Å². The van der Waals surface area contributed by atoms with Crippen molar-refractivity contribution < 1.29 is 19.1 Å². The zero-order valence-corrected chi connectivity index (χ0v) is 22.8. The van der Waals surface area contributed by atoms with Gasteiger partial charge >= 0.3 is 11.9 Å². The summed E-state index contributed by atoms with van der Waals surface area (Å²) in [5.74, 6) is -0.232.